The van der Waals surface area contributed by atoms with Crippen molar-refractivity contribution < 1.29 is 9.47 Å². The van der Waals surface area contributed by atoms with E-state index >= 15 is 0 Å². The summed E-state index contributed by atoms with van der Waals surface area (Å²) < 4.78 is 11.6. The van der Waals surface area contributed by atoms with Crippen molar-refractivity contribution in [2.75, 3.05) is 19.5 Å². The summed E-state index contributed by atoms with van der Waals surface area (Å²) in [6.45, 7) is 2.06. The number of nitrogens with one attached hydrogen (secondary N) is 2. The lowest BCUT2D eigenvalue weighted by Crippen LogP contribution is -2.31. The Kier molecular flexibility index (Phi) is 6.24. The fourth-order valence-electron chi connectivity index (χ4n) is 2.10. The first kappa shape index (κ1) is 17.6. The molecule has 0 bridgehead atoms. The lowest BCUT2D eigenvalue weighted by Gasteiger charge is -2.19. The average molecular weight is 395 g/mol. The second-order valence-corrected chi connectivity index (χ2v) is 6.26. The maximum atomic E-state index is 5.40. The molecule has 0 aliphatic rings. The maximum absolute atomic E-state index is 5.40. The number of benzene rings is 2. The van der Waals surface area contributed by atoms with Gasteiger partial charge in [0, 0.05) is 10.5 Å². The monoisotopic (exact) mass is 394 g/mol. The van der Waals surface area contributed by atoms with Crippen LogP contribution in [-0.4, -0.2) is 19.3 Å². The van der Waals surface area contributed by atoms with E-state index in [2.05, 4.69) is 45.6 Å². The Morgan fingerprint density at radius 3 is 2.39 bits per heavy atom. The van der Waals surface area contributed by atoms with E-state index < -0.39 is 0 Å². The van der Waals surface area contributed by atoms with Gasteiger partial charge in [0.05, 0.1) is 25.9 Å². The van der Waals surface area contributed by atoms with E-state index in [1.807, 2.05) is 30.3 Å². The summed E-state index contributed by atoms with van der Waals surface area (Å²) in [5.74, 6) is 1.43. The molecule has 0 saturated heterocycles. The van der Waals surface area contributed by atoms with E-state index in [9.17, 15) is 0 Å². The van der Waals surface area contributed by atoms with Gasteiger partial charge in [0.1, 0.15) is 11.5 Å². The van der Waals surface area contributed by atoms with E-state index in [-0.39, 0.29) is 6.04 Å². The molecular formula is C17H19BrN2O2S. The summed E-state index contributed by atoms with van der Waals surface area (Å²) in [4.78, 5) is 0. The molecule has 2 rings (SSSR count). The molecule has 0 radical (unpaired) electrons. The third-order valence-electron chi connectivity index (χ3n) is 3.37. The first-order chi connectivity index (χ1) is 11.0. The van der Waals surface area contributed by atoms with E-state index in [1.165, 1.54) is 0 Å². The normalized spacial score (nSPS) is 11.5. The van der Waals surface area contributed by atoms with Crippen LogP contribution in [0.25, 0.3) is 0 Å². The Morgan fingerprint density at radius 2 is 1.78 bits per heavy atom. The lowest BCUT2D eigenvalue weighted by molar-refractivity contribution is 0.405. The quantitative estimate of drug-likeness (QED) is 0.729. The van der Waals surface area contributed by atoms with E-state index in [0.29, 0.717) is 10.9 Å². The van der Waals surface area contributed by atoms with Crippen molar-refractivity contribution in [3.05, 3.63) is 52.5 Å². The van der Waals surface area contributed by atoms with E-state index in [1.54, 1.807) is 14.2 Å². The molecule has 2 aromatic rings. The molecule has 1 atom stereocenters. The van der Waals surface area contributed by atoms with Crippen molar-refractivity contribution in [3.63, 3.8) is 0 Å². The fraction of sp³-hybridized carbons (Fsp3) is 0.235. The van der Waals surface area contributed by atoms with Crippen molar-refractivity contribution >= 4 is 38.9 Å². The average Bonchev–Trinajstić information content (AvgIpc) is 2.55. The summed E-state index contributed by atoms with van der Waals surface area (Å²) >= 11 is 8.83. The zero-order chi connectivity index (χ0) is 16.8. The van der Waals surface area contributed by atoms with Gasteiger partial charge in [-0.05, 0) is 49.0 Å². The molecule has 1 unspecified atom stereocenters. The van der Waals surface area contributed by atoms with Gasteiger partial charge in [-0.2, -0.15) is 0 Å². The first-order valence-corrected chi connectivity index (χ1v) is 8.28. The molecule has 122 valence electrons. The third kappa shape index (κ3) is 4.84. The highest BCUT2D eigenvalue weighted by Gasteiger charge is 2.10. The molecule has 2 aromatic carbocycles. The number of hydrogen-bond donors (Lipinski definition) is 2. The molecule has 0 spiro atoms. The number of halogens is 1. The minimum Gasteiger partial charge on any atom is -0.497 e. The van der Waals surface area contributed by atoms with Gasteiger partial charge >= 0.3 is 0 Å². The van der Waals surface area contributed by atoms with Crippen LogP contribution in [-0.2, 0) is 0 Å². The smallest absolute Gasteiger partial charge is 0.171 e. The Bertz CT molecular complexity index is 677. The Balaban J connectivity index is 2.05. The second kappa shape index (κ2) is 8.17. The number of methoxy groups -OCH3 is 2. The van der Waals surface area contributed by atoms with Gasteiger partial charge in [0.15, 0.2) is 5.11 Å². The van der Waals surface area contributed by atoms with Crippen molar-refractivity contribution in [1.29, 1.82) is 0 Å². The predicted octanol–water partition coefficient (Wildman–Crippen LogP) is 4.51. The molecule has 6 heteroatoms. The highest BCUT2D eigenvalue weighted by atomic mass is 79.9. The first-order valence-electron chi connectivity index (χ1n) is 7.08. The molecule has 2 N–H and O–H groups in total. The maximum Gasteiger partial charge on any atom is 0.171 e. The predicted molar refractivity (Wildman–Crippen MR) is 101 cm³/mol. The van der Waals surface area contributed by atoms with Crippen molar-refractivity contribution in [1.82, 2.24) is 5.32 Å². The van der Waals surface area contributed by atoms with Crippen LogP contribution < -0.4 is 20.1 Å². The number of rotatable bonds is 5. The number of thiocarbonyl (C=S) groups is 1. The largest absolute Gasteiger partial charge is 0.497 e. The van der Waals surface area contributed by atoms with Gasteiger partial charge in [-0.25, -0.2) is 0 Å². The minimum atomic E-state index is 0.0831. The SMILES string of the molecule is COc1ccc(OC)c(NC(=S)NC(C)c2ccc(Br)cc2)c1. The molecule has 0 saturated carbocycles. The van der Waals surface area contributed by atoms with Gasteiger partial charge in [0.25, 0.3) is 0 Å². The van der Waals surface area contributed by atoms with Crippen LogP contribution in [0.2, 0.25) is 0 Å². The minimum absolute atomic E-state index is 0.0831. The van der Waals surface area contributed by atoms with Crippen LogP contribution in [0.4, 0.5) is 5.69 Å². The fourth-order valence-corrected chi connectivity index (χ4v) is 2.65. The van der Waals surface area contributed by atoms with Crippen LogP contribution in [0.3, 0.4) is 0 Å². The highest BCUT2D eigenvalue weighted by molar-refractivity contribution is 9.10. The topological polar surface area (TPSA) is 42.5 Å². The zero-order valence-corrected chi connectivity index (χ0v) is 15.6. The van der Waals surface area contributed by atoms with Gasteiger partial charge in [-0.3, -0.25) is 0 Å². The van der Waals surface area contributed by atoms with Crippen molar-refractivity contribution in [2.24, 2.45) is 0 Å². The summed E-state index contributed by atoms with van der Waals surface area (Å²) in [6, 6.07) is 13.7. The lowest BCUT2D eigenvalue weighted by atomic mass is 10.1. The van der Waals surface area contributed by atoms with Crippen LogP contribution in [0.1, 0.15) is 18.5 Å². The van der Waals surface area contributed by atoms with Gasteiger partial charge < -0.3 is 20.1 Å². The summed E-state index contributed by atoms with van der Waals surface area (Å²) in [5.41, 5.74) is 1.90. The standard InChI is InChI=1S/C17H19BrN2O2S/c1-11(12-4-6-13(18)7-5-12)19-17(23)20-15-10-14(21-2)8-9-16(15)22-3/h4-11H,1-3H3,(H2,19,20,23). The molecule has 0 aromatic heterocycles. The van der Waals surface area contributed by atoms with Crippen molar-refractivity contribution in [2.45, 2.75) is 13.0 Å². The van der Waals surface area contributed by atoms with Crippen LogP contribution in [0, 0.1) is 0 Å². The molecule has 0 fully saturated rings. The zero-order valence-electron chi connectivity index (χ0n) is 13.2. The van der Waals surface area contributed by atoms with E-state index in [0.717, 1.165) is 21.5 Å². The Labute approximate surface area is 150 Å². The summed E-state index contributed by atoms with van der Waals surface area (Å²) in [7, 11) is 3.24. The van der Waals surface area contributed by atoms with E-state index in [4.69, 9.17) is 21.7 Å². The molecule has 23 heavy (non-hydrogen) atoms. The number of ether oxygens (including phenoxy) is 2. The number of anilines is 1. The molecule has 0 amide bonds. The molecule has 0 aliphatic heterocycles. The summed E-state index contributed by atoms with van der Waals surface area (Å²) in [6.07, 6.45) is 0. The second-order valence-electron chi connectivity index (χ2n) is 4.94. The van der Waals surface area contributed by atoms with Crippen LogP contribution in [0.15, 0.2) is 46.9 Å². The Morgan fingerprint density at radius 1 is 1.09 bits per heavy atom. The molecule has 4 nitrogen and oxygen atoms in total. The van der Waals surface area contributed by atoms with Gasteiger partial charge in [0.2, 0.25) is 0 Å². The van der Waals surface area contributed by atoms with Crippen LogP contribution in [0.5, 0.6) is 11.5 Å². The van der Waals surface area contributed by atoms with Crippen LogP contribution >= 0.6 is 28.1 Å². The van der Waals surface area contributed by atoms with Crippen molar-refractivity contribution in [3.8, 4) is 11.5 Å². The third-order valence-corrected chi connectivity index (χ3v) is 4.12. The highest BCUT2D eigenvalue weighted by Crippen LogP contribution is 2.29. The molecule has 0 aliphatic carbocycles. The Hall–Kier alpha value is -1.79. The molecule has 0 heterocycles. The molecular weight excluding hydrogens is 376 g/mol. The van der Waals surface area contributed by atoms with Gasteiger partial charge in [-0.1, -0.05) is 28.1 Å². The van der Waals surface area contributed by atoms with Gasteiger partial charge in [-0.15, -0.1) is 0 Å². The summed E-state index contributed by atoms with van der Waals surface area (Å²) in [5, 5.41) is 6.94. The number of hydrogen-bond acceptors (Lipinski definition) is 3.